The van der Waals surface area contributed by atoms with Crippen LogP contribution in [0.15, 0.2) is 0 Å². The first kappa shape index (κ1) is 98.1. The summed E-state index contributed by atoms with van der Waals surface area (Å²) in [6, 6.07) is 0. The Hall–Kier alpha value is -1.94. The van der Waals surface area contributed by atoms with Gasteiger partial charge < -0.3 is 33.8 Å². The maximum atomic E-state index is 13.1. The lowest BCUT2D eigenvalue weighted by Gasteiger charge is -2.21. The first-order valence-electron chi connectivity index (χ1n) is 42.3. The van der Waals surface area contributed by atoms with Crippen LogP contribution in [0.25, 0.3) is 0 Å². The highest BCUT2D eigenvalue weighted by molar-refractivity contribution is 7.47. The van der Waals surface area contributed by atoms with Crippen molar-refractivity contribution < 1.29 is 80.2 Å². The molecule has 0 saturated heterocycles. The normalized spacial score (nSPS) is 13.8. The van der Waals surface area contributed by atoms with Gasteiger partial charge in [0.05, 0.1) is 26.4 Å². The molecule has 0 amide bonds. The minimum absolute atomic E-state index is 0.108. The zero-order valence-corrected chi connectivity index (χ0v) is 67.0. The Morgan fingerprint density at radius 1 is 0.240 bits per heavy atom. The highest BCUT2D eigenvalue weighted by atomic mass is 31.2. The number of rotatable bonds is 82. The monoisotopic (exact) mass is 1470 g/mol. The van der Waals surface area contributed by atoms with Gasteiger partial charge in [-0.15, -0.1) is 0 Å². The van der Waals surface area contributed by atoms with Crippen LogP contribution in [0.3, 0.4) is 0 Å². The number of hydrogen-bond donors (Lipinski definition) is 3. The number of esters is 4. The third kappa shape index (κ3) is 74.3. The van der Waals surface area contributed by atoms with E-state index in [2.05, 4.69) is 27.7 Å². The molecule has 100 heavy (non-hydrogen) atoms. The third-order valence-electron chi connectivity index (χ3n) is 19.1. The van der Waals surface area contributed by atoms with Crippen LogP contribution in [-0.4, -0.2) is 96.7 Å². The molecule has 0 aliphatic rings. The summed E-state index contributed by atoms with van der Waals surface area (Å²) in [5.74, 6) is -2.10. The second kappa shape index (κ2) is 75.3. The second-order valence-corrected chi connectivity index (χ2v) is 32.1. The maximum absolute atomic E-state index is 13.1. The van der Waals surface area contributed by atoms with Crippen molar-refractivity contribution in [1.82, 2.24) is 0 Å². The summed E-state index contributed by atoms with van der Waals surface area (Å²) in [5, 5.41) is 10.6. The van der Waals surface area contributed by atoms with E-state index in [0.717, 1.165) is 89.9 Å². The number of ether oxygens (including phenoxy) is 4. The molecule has 0 saturated carbocycles. The molecule has 0 rings (SSSR count). The minimum Gasteiger partial charge on any atom is -0.462 e. The first-order chi connectivity index (χ1) is 48.7. The van der Waals surface area contributed by atoms with Crippen molar-refractivity contribution in [2.24, 2.45) is 0 Å². The van der Waals surface area contributed by atoms with E-state index < -0.39 is 97.5 Å². The molecular formula is C81H158O17P2. The summed E-state index contributed by atoms with van der Waals surface area (Å²) in [4.78, 5) is 73.0. The lowest BCUT2D eigenvalue weighted by atomic mass is 10.0. The Kier molecular flexibility index (Phi) is 73.8. The lowest BCUT2D eigenvalue weighted by molar-refractivity contribution is -0.161. The van der Waals surface area contributed by atoms with Crippen LogP contribution in [0.5, 0.6) is 0 Å². The van der Waals surface area contributed by atoms with Crippen molar-refractivity contribution >= 4 is 39.5 Å². The molecule has 17 nitrogen and oxygen atoms in total. The first-order valence-corrected chi connectivity index (χ1v) is 45.3. The van der Waals surface area contributed by atoms with E-state index in [4.69, 9.17) is 37.0 Å². The zero-order valence-electron chi connectivity index (χ0n) is 65.2. The number of hydrogen-bond acceptors (Lipinski definition) is 15. The molecule has 0 aliphatic heterocycles. The molecule has 3 N–H and O–H groups in total. The third-order valence-corrected chi connectivity index (χ3v) is 21.0. The van der Waals surface area contributed by atoms with Crippen LogP contribution in [0.4, 0.5) is 0 Å². The average Bonchev–Trinajstić information content (AvgIpc) is 0.968. The second-order valence-electron chi connectivity index (χ2n) is 29.2. The van der Waals surface area contributed by atoms with Gasteiger partial charge in [-0.2, -0.15) is 0 Å². The van der Waals surface area contributed by atoms with E-state index in [0.29, 0.717) is 25.7 Å². The molecule has 0 heterocycles. The molecular weight excluding hydrogens is 1310 g/mol. The van der Waals surface area contributed by atoms with Gasteiger partial charge in [0.1, 0.15) is 19.3 Å². The number of carbonyl (C=O) groups is 4. The van der Waals surface area contributed by atoms with Gasteiger partial charge in [0.15, 0.2) is 12.2 Å². The van der Waals surface area contributed by atoms with E-state index >= 15 is 0 Å². The predicted octanol–water partition coefficient (Wildman–Crippen LogP) is 24.6. The topological polar surface area (TPSA) is 237 Å². The number of aliphatic hydroxyl groups is 1. The van der Waals surface area contributed by atoms with Crippen LogP contribution in [-0.2, 0) is 65.4 Å². The Morgan fingerprint density at radius 2 is 0.400 bits per heavy atom. The van der Waals surface area contributed by atoms with Crippen molar-refractivity contribution in [2.75, 3.05) is 39.6 Å². The van der Waals surface area contributed by atoms with E-state index in [1.54, 1.807) is 0 Å². The molecule has 0 aromatic heterocycles. The molecule has 0 spiro atoms. The summed E-state index contributed by atoms with van der Waals surface area (Å²) in [6.45, 7) is 5.02. The van der Waals surface area contributed by atoms with Gasteiger partial charge in [-0.25, -0.2) is 9.13 Å². The Morgan fingerprint density at radius 3 is 0.590 bits per heavy atom. The number of phosphoric ester groups is 2. The Bertz CT molecular complexity index is 1890. The average molecular weight is 1470 g/mol. The number of unbranched alkanes of at least 4 members (excludes halogenated alkanes) is 56. The number of carbonyl (C=O) groups excluding carboxylic acids is 4. The lowest BCUT2D eigenvalue weighted by Crippen LogP contribution is -2.30. The molecule has 594 valence electrons. The molecule has 0 fully saturated rings. The fraction of sp³-hybridized carbons (Fsp3) is 0.951. The fourth-order valence-electron chi connectivity index (χ4n) is 12.6. The number of phosphoric acid groups is 2. The summed E-state index contributed by atoms with van der Waals surface area (Å²) in [7, 11) is -9.91. The Balaban J connectivity index is 5.20. The fourth-order valence-corrected chi connectivity index (χ4v) is 14.2. The summed E-state index contributed by atoms with van der Waals surface area (Å²) >= 11 is 0. The van der Waals surface area contributed by atoms with Gasteiger partial charge in [-0.05, 0) is 25.7 Å². The highest BCUT2D eigenvalue weighted by Gasteiger charge is 2.30. The largest absolute Gasteiger partial charge is 0.472 e. The molecule has 0 aromatic rings. The highest BCUT2D eigenvalue weighted by Crippen LogP contribution is 2.45. The predicted molar refractivity (Wildman–Crippen MR) is 409 cm³/mol. The summed E-state index contributed by atoms with van der Waals surface area (Å²) < 4.78 is 68.7. The maximum Gasteiger partial charge on any atom is 0.472 e. The van der Waals surface area contributed by atoms with Crippen molar-refractivity contribution in [3.05, 3.63) is 0 Å². The SMILES string of the molecule is CCCCCCCCCCCCCCCCCCCCCCCC(=O)O[C@H](COC(=O)CCCCCCCCCCCCCCCCCCC)COP(=O)(O)OC[C@@H](O)COP(=O)(O)OC[C@@H](COC(=O)CCCCCCCCCCCCC)OC(=O)CCCCCCCCCCCCC. The van der Waals surface area contributed by atoms with Crippen LogP contribution in [0.2, 0.25) is 0 Å². The van der Waals surface area contributed by atoms with E-state index in [1.807, 2.05) is 0 Å². The molecule has 0 radical (unpaired) electrons. The molecule has 5 atom stereocenters. The van der Waals surface area contributed by atoms with E-state index in [1.165, 1.54) is 270 Å². The van der Waals surface area contributed by atoms with Crippen molar-refractivity contribution in [1.29, 1.82) is 0 Å². The summed E-state index contributed by atoms with van der Waals surface area (Å²) in [5.41, 5.74) is 0. The Labute approximate surface area is 613 Å². The van der Waals surface area contributed by atoms with Crippen molar-refractivity contribution in [3.63, 3.8) is 0 Å². The van der Waals surface area contributed by atoms with Crippen molar-refractivity contribution in [2.45, 2.75) is 457 Å². The van der Waals surface area contributed by atoms with Gasteiger partial charge in [0.25, 0.3) is 0 Å². The molecule has 0 bridgehead atoms. The van der Waals surface area contributed by atoms with E-state index in [-0.39, 0.29) is 25.7 Å². The van der Waals surface area contributed by atoms with Crippen LogP contribution in [0.1, 0.15) is 439 Å². The van der Waals surface area contributed by atoms with Gasteiger partial charge in [-0.1, -0.05) is 387 Å². The van der Waals surface area contributed by atoms with Gasteiger partial charge in [0, 0.05) is 25.7 Å². The van der Waals surface area contributed by atoms with Crippen LogP contribution >= 0.6 is 15.6 Å². The van der Waals surface area contributed by atoms with Gasteiger partial charge >= 0.3 is 39.5 Å². The molecule has 2 unspecified atom stereocenters. The van der Waals surface area contributed by atoms with Gasteiger partial charge in [-0.3, -0.25) is 37.3 Å². The smallest absolute Gasteiger partial charge is 0.462 e. The molecule has 19 heteroatoms. The van der Waals surface area contributed by atoms with Crippen LogP contribution in [0, 0.1) is 0 Å². The van der Waals surface area contributed by atoms with Crippen LogP contribution < -0.4 is 0 Å². The standard InChI is InChI=1S/C81H158O17P2/c1-5-9-13-17-21-25-29-31-33-35-36-37-38-40-42-44-48-52-56-60-64-68-81(86)98-77(72-92-79(84)66-62-58-54-50-47-43-41-39-34-32-30-26-22-18-14-10-6-2)74-96-100(89,90)94-70-75(82)69-93-99(87,88)95-73-76(97-80(85)67-63-59-55-51-46-28-24-20-16-12-8-4)71-91-78(83)65-61-57-53-49-45-27-23-19-15-11-7-3/h75-77,82H,5-74H2,1-4H3,(H,87,88)(H,89,90)/t75-,76+,77+/m0/s1. The van der Waals surface area contributed by atoms with E-state index in [9.17, 15) is 43.2 Å². The van der Waals surface area contributed by atoms with Gasteiger partial charge in [0.2, 0.25) is 0 Å². The van der Waals surface area contributed by atoms with Crippen molar-refractivity contribution in [3.8, 4) is 0 Å². The molecule has 0 aliphatic carbocycles. The molecule has 0 aromatic carbocycles. The zero-order chi connectivity index (χ0) is 73.2. The number of aliphatic hydroxyl groups excluding tert-OH is 1. The summed E-state index contributed by atoms with van der Waals surface area (Å²) in [6.07, 6.45) is 68.0. The quantitative estimate of drug-likeness (QED) is 0.0222. The minimum atomic E-state index is -4.96.